The maximum Gasteiger partial charge on any atom is 0.171 e. The predicted molar refractivity (Wildman–Crippen MR) is 62.2 cm³/mol. The maximum absolute atomic E-state index is 10.5. The average Bonchev–Trinajstić information content (AvgIpc) is 2.77. The standard InChI is InChI=1S/C12H13N3O2/c1-9-3-4-12(17-2)10(5-9)6-15-7-11(8-16)13-14-15/h3-5,7-8H,6H2,1-2H3. The molecule has 0 bridgehead atoms. The van der Waals surface area contributed by atoms with Gasteiger partial charge < -0.3 is 4.74 Å². The van der Waals surface area contributed by atoms with Gasteiger partial charge in [-0.3, -0.25) is 4.79 Å². The number of aromatic nitrogens is 3. The predicted octanol–water partition coefficient (Wildman–Crippen LogP) is 1.46. The average molecular weight is 231 g/mol. The molecule has 0 saturated carbocycles. The van der Waals surface area contributed by atoms with Gasteiger partial charge in [-0.05, 0) is 13.0 Å². The van der Waals surface area contributed by atoms with E-state index < -0.39 is 0 Å². The molecule has 0 spiro atoms. The van der Waals surface area contributed by atoms with Crippen molar-refractivity contribution in [1.29, 1.82) is 0 Å². The van der Waals surface area contributed by atoms with Crippen LogP contribution >= 0.6 is 0 Å². The molecule has 1 aromatic carbocycles. The fourth-order valence-electron chi connectivity index (χ4n) is 1.65. The molecule has 2 aromatic rings. The summed E-state index contributed by atoms with van der Waals surface area (Å²) < 4.78 is 6.89. The molecule has 17 heavy (non-hydrogen) atoms. The molecular weight excluding hydrogens is 218 g/mol. The summed E-state index contributed by atoms with van der Waals surface area (Å²) >= 11 is 0. The van der Waals surface area contributed by atoms with Crippen molar-refractivity contribution < 1.29 is 9.53 Å². The molecule has 1 aromatic heterocycles. The summed E-state index contributed by atoms with van der Waals surface area (Å²) in [5, 5.41) is 7.58. The van der Waals surface area contributed by atoms with Crippen molar-refractivity contribution in [3.8, 4) is 5.75 Å². The van der Waals surface area contributed by atoms with Crippen molar-refractivity contribution in [3.05, 3.63) is 41.2 Å². The van der Waals surface area contributed by atoms with Gasteiger partial charge in [0.15, 0.2) is 6.29 Å². The van der Waals surface area contributed by atoms with Gasteiger partial charge in [0.1, 0.15) is 11.4 Å². The number of hydrogen-bond donors (Lipinski definition) is 0. The van der Waals surface area contributed by atoms with E-state index in [1.165, 1.54) is 0 Å². The van der Waals surface area contributed by atoms with E-state index in [9.17, 15) is 4.79 Å². The number of carbonyl (C=O) groups is 1. The first kappa shape index (κ1) is 11.3. The SMILES string of the molecule is COc1ccc(C)cc1Cn1cc(C=O)nn1. The number of methoxy groups -OCH3 is 1. The summed E-state index contributed by atoms with van der Waals surface area (Å²) in [5.74, 6) is 0.804. The highest BCUT2D eigenvalue weighted by Crippen LogP contribution is 2.20. The van der Waals surface area contributed by atoms with Gasteiger partial charge in [0.2, 0.25) is 0 Å². The van der Waals surface area contributed by atoms with Gasteiger partial charge in [0.05, 0.1) is 19.9 Å². The summed E-state index contributed by atoms with van der Waals surface area (Å²) in [5.41, 5.74) is 2.49. The van der Waals surface area contributed by atoms with Gasteiger partial charge in [0, 0.05) is 5.56 Å². The Morgan fingerprint density at radius 3 is 2.94 bits per heavy atom. The van der Waals surface area contributed by atoms with Gasteiger partial charge in [-0.1, -0.05) is 22.9 Å². The largest absolute Gasteiger partial charge is 0.496 e. The molecule has 5 nitrogen and oxygen atoms in total. The number of rotatable bonds is 4. The quantitative estimate of drug-likeness (QED) is 0.747. The highest BCUT2D eigenvalue weighted by molar-refractivity contribution is 5.70. The normalized spacial score (nSPS) is 10.2. The van der Waals surface area contributed by atoms with Crippen molar-refractivity contribution in [2.24, 2.45) is 0 Å². The topological polar surface area (TPSA) is 57.0 Å². The van der Waals surface area contributed by atoms with Crippen LogP contribution in [0.15, 0.2) is 24.4 Å². The van der Waals surface area contributed by atoms with E-state index >= 15 is 0 Å². The number of ether oxygens (including phenoxy) is 1. The molecule has 88 valence electrons. The summed E-state index contributed by atoms with van der Waals surface area (Å²) in [6.45, 7) is 2.55. The third kappa shape index (κ3) is 2.50. The lowest BCUT2D eigenvalue weighted by Crippen LogP contribution is -2.03. The Bertz CT molecular complexity index is 534. The van der Waals surface area contributed by atoms with Gasteiger partial charge >= 0.3 is 0 Å². The number of aryl methyl sites for hydroxylation is 1. The number of benzene rings is 1. The van der Waals surface area contributed by atoms with Crippen LogP contribution in [0.4, 0.5) is 0 Å². The Labute approximate surface area is 99.0 Å². The van der Waals surface area contributed by atoms with E-state index in [2.05, 4.69) is 10.3 Å². The number of aldehydes is 1. The molecule has 0 N–H and O–H groups in total. The smallest absolute Gasteiger partial charge is 0.171 e. The van der Waals surface area contributed by atoms with Gasteiger partial charge in [-0.15, -0.1) is 5.10 Å². The third-order valence-corrected chi connectivity index (χ3v) is 2.45. The second kappa shape index (κ2) is 4.78. The molecular formula is C12H13N3O2. The van der Waals surface area contributed by atoms with Crippen LogP contribution in [-0.2, 0) is 6.54 Å². The first-order chi connectivity index (χ1) is 8.22. The molecule has 0 atom stereocenters. The van der Waals surface area contributed by atoms with Crippen molar-refractivity contribution in [2.45, 2.75) is 13.5 Å². The molecule has 0 unspecified atom stereocenters. The minimum absolute atomic E-state index is 0.330. The van der Waals surface area contributed by atoms with Crippen molar-refractivity contribution in [1.82, 2.24) is 15.0 Å². The van der Waals surface area contributed by atoms with Crippen molar-refractivity contribution in [3.63, 3.8) is 0 Å². The lowest BCUT2D eigenvalue weighted by molar-refractivity contribution is 0.111. The number of carbonyl (C=O) groups excluding carboxylic acids is 1. The molecule has 0 aliphatic rings. The summed E-state index contributed by atoms with van der Waals surface area (Å²) in [7, 11) is 1.63. The van der Waals surface area contributed by atoms with Crippen molar-refractivity contribution >= 4 is 6.29 Å². The molecule has 0 saturated heterocycles. The van der Waals surface area contributed by atoms with Gasteiger partial charge in [0.25, 0.3) is 0 Å². The van der Waals surface area contributed by atoms with Crippen LogP contribution < -0.4 is 4.74 Å². The molecule has 0 amide bonds. The van der Waals surface area contributed by atoms with Crippen LogP contribution in [0.3, 0.4) is 0 Å². The fourth-order valence-corrected chi connectivity index (χ4v) is 1.65. The van der Waals surface area contributed by atoms with E-state index in [0.29, 0.717) is 18.5 Å². The highest BCUT2D eigenvalue weighted by Gasteiger charge is 2.06. The second-order valence-electron chi connectivity index (χ2n) is 3.77. The van der Waals surface area contributed by atoms with Crippen molar-refractivity contribution in [2.75, 3.05) is 7.11 Å². The fraction of sp³-hybridized carbons (Fsp3) is 0.250. The monoisotopic (exact) mass is 231 g/mol. The first-order valence-electron chi connectivity index (χ1n) is 5.22. The van der Waals surface area contributed by atoms with Crippen LogP contribution in [0.5, 0.6) is 5.75 Å². The molecule has 0 aliphatic carbocycles. The Morgan fingerprint density at radius 2 is 2.29 bits per heavy atom. The molecule has 0 radical (unpaired) electrons. The van der Waals surface area contributed by atoms with Crippen LogP contribution in [0, 0.1) is 6.92 Å². The lowest BCUT2D eigenvalue weighted by atomic mass is 10.1. The third-order valence-electron chi connectivity index (χ3n) is 2.45. The number of nitrogens with zero attached hydrogens (tertiary/aromatic N) is 3. The van der Waals surface area contributed by atoms with Gasteiger partial charge in [-0.25, -0.2) is 4.68 Å². The zero-order valence-electron chi connectivity index (χ0n) is 9.75. The molecule has 2 rings (SSSR count). The van der Waals surface area contributed by atoms with E-state index in [-0.39, 0.29) is 0 Å². The zero-order chi connectivity index (χ0) is 12.3. The van der Waals surface area contributed by atoms with E-state index in [4.69, 9.17) is 4.74 Å². The van der Waals surface area contributed by atoms with Crippen LogP contribution in [-0.4, -0.2) is 28.4 Å². The summed E-state index contributed by atoms with van der Waals surface area (Å²) in [6.07, 6.45) is 2.28. The lowest BCUT2D eigenvalue weighted by Gasteiger charge is -2.08. The minimum atomic E-state index is 0.330. The maximum atomic E-state index is 10.5. The Kier molecular flexibility index (Phi) is 3.18. The highest BCUT2D eigenvalue weighted by atomic mass is 16.5. The first-order valence-corrected chi connectivity index (χ1v) is 5.22. The molecule has 0 fully saturated rings. The van der Waals surface area contributed by atoms with Crippen LogP contribution in [0.1, 0.15) is 21.6 Å². The summed E-state index contributed by atoms with van der Waals surface area (Å²) in [4.78, 5) is 10.5. The van der Waals surface area contributed by atoms with E-state index in [0.717, 1.165) is 16.9 Å². The van der Waals surface area contributed by atoms with E-state index in [1.807, 2.05) is 25.1 Å². The molecule has 1 heterocycles. The summed E-state index contributed by atoms with van der Waals surface area (Å²) in [6, 6.07) is 5.93. The van der Waals surface area contributed by atoms with Gasteiger partial charge in [-0.2, -0.15) is 0 Å². The number of hydrogen-bond acceptors (Lipinski definition) is 4. The Morgan fingerprint density at radius 1 is 1.47 bits per heavy atom. The second-order valence-corrected chi connectivity index (χ2v) is 3.77. The Balaban J connectivity index is 2.28. The van der Waals surface area contributed by atoms with Crippen LogP contribution in [0.2, 0.25) is 0 Å². The Hall–Kier alpha value is -2.17. The molecule has 0 aliphatic heterocycles. The molecule has 5 heteroatoms. The zero-order valence-corrected chi connectivity index (χ0v) is 9.75. The van der Waals surface area contributed by atoms with Crippen LogP contribution in [0.25, 0.3) is 0 Å². The minimum Gasteiger partial charge on any atom is -0.496 e. The van der Waals surface area contributed by atoms with E-state index in [1.54, 1.807) is 18.0 Å².